The van der Waals surface area contributed by atoms with Crippen LogP contribution in [0.5, 0.6) is 0 Å². The molecule has 1 N–H and O–H groups in total. The Morgan fingerprint density at radius 2 is 2.22 bits per heavy atom. The number of fused-ring (bicyclic) bond motifs is 1. The number of halogens is 2. The molecule has 1 aliphatic carbocycles. The van der Waals surface area contributed by atoms with E-state index >= 15 is 0 Å². The Labute approximate surface area is 114 Å². The summed E-state index contributed by atoms with van der Waals surface area (Å²) in [6.07, 6.45) is 2.36. The Morgan fingerprint density at radius 3 is 2.89 bits per heavy atom. The lowest BCUT2D eigenvalue weighted by Crippen LogP contribution is -2.12. The van der Waals surface area contributed by atoms with Crippen molar-refractivity contribution in [2.45, 2.75) is 32.2 Å². The lowest BCUT2D eigenvalue weighted by atomic mass is 10.1. The third-order valence-electron chi connectivity index (χ3n) is 3.35. The zero-order valence-corrected chi connectivity index (χ0v) is 11.8. The predicted molar refractivity (Wildman–Crippen MR) is 73.2 cm³/mol. The van der Waals surface area contributed by atoms with Gasteiger partial charge in [-0.3, -0.25) is 0 Å². The van der Waals surface area contributed by atoms with E-state index < -0.39 is 0 Å². The quantitative estimate of drug-likeness (QED) is 0.909. The Bertz CT molecular complexity index is 589. The summed E-state index contributed by atoms with van der Waals surface area (Å²) in [6, 6.07) is 3.42. The van der Waals surface area contributed by atoms with Gasteiger partial charge in [-0.25, -0.2) is 4.39 Å². The average Bonchev–Trinajstić information content (AvgIpc) is 3.09. The van der Waals surface area contributed by atoms with Crippen molar-refractivity contribution in [3.8, 4) is 0 Å². The van der Waals surface area contributed by atoms with E-state index in [1.54, 1.807) is 0 Å². The van der Waals surface area contributed by atoms with Gasteiger partial charge in [0.15, 0.2) is 11.4 Å². The SMILES string of the molecule is CCNCc1oc2c(F)cc(Br)cc2c1C1CC1. The van der Waals surface area contributed by atoms with Gasteiger partial charge in [0, 0.05) is 15.4 Å². The molecule has 1 heterocycles. The maximum Gasteiger partial charge on any atom is 0.170 e. The van der Waals surface area contributed by atoms with E-state index in [1.807, 2.05) is 6.07 Å². The molecule has 0 unspecified atom stereocenters. The fourth-order valence-electron chi connectivity index (χ4n) is 2.38. The lowest BCUT2D eigenvalue weighted by Gasteiger charge is -2.01. The molecule has 0 aliphatic heterocycles. The molecule has 1 fully saturated rings. The fourth-order valence-corrected chi connectivity index (χ4v) is 2.81. The van der Waals surface area contributed by atoms with Gasteiger partial charge in [-0.1, -0.05) is 22.9 Å². The molecule has 0 atom stereocenters. The largest absolute Gasteiger partial charge is 0.456 e. The first-order valence-electron chi connectivity index (χ1n) is 6.31. The van der Waals surface area contributed by atoms with Crippen molar-refractivity contribution in [2.75, 3.05) is 6.54 Å². The number of benzene rings is 1. The van der Waals surface area contributed by atoms with Crippen LogP contribution in [0.4, 0.5) is 4.39 Å². The van der Waals surface area contributed by atoms with Crippen molar-refractivity contribution >= 4 is 26.9 Å². The minimum Gasteiger partial charge on any atom is -0.456 e. The van der Waals surface area contributed by atoms with Gasteiger partial charge in [-0.15, -0.1) is 0 Å². The molecule has 3 rings (SSSR count). The summed E-state index contributed by atoms with van der Waals surface area (Å²) in [5, 5.41) is 4.18. The molecule has 2 nitrogen and oxygen atoms in total. The summed E-state index contributed by atoms with van der Waals surface area (Å²) in [5.74, 6) is 1.16. The highest BCUT2D eigenvalue weighted by molar-refractivity contribution is 9.10. The van der Waals surface area contributed by atoms with Crippen LogP contribution in [0.2, 0.25) is 0 Å². The zero-order chi connectivity index (χ0) is 12.7. The highest BCUT2D eigenvalue weighted by atomic mass is 79.9. The Balaban J connectivity index is 2.16. The second-order valence-corrected chi connectivity index (χ2v) is 5.67. The summed E-state index contributed by atoms with van der Waals surface area (Å²) in [4.78, 5) is 0. The highest BCUT2D eigenvalue weighted by Gasteiger charge is 2.31. The summed E-state index contributed by atoms with van der Waals surface area (Å²) in [5.41, 5.74) is 1.60. The van der Waals surface area contributed by atoms with Gasteiger partial charge in [0.2, 0.25) is 0 Å². The van der Waals surface area contributed by atoms with E-state index in [-0.39, 0.29) is 5.82 Å². The van der Waals surface area contributed by atoms with Gasteiger partial charge in [0.1, 0.15) is 5.76 Å². The molecule has 18 heavy (non-hydrogen) atoms. The molecule has 4 heteroatoms. The van der Waals surface area contributed by atoms with Crippen molar-refractivity contribution in [1.29, 1.82) is 0 Å². The molecule has 96 valence electrons. The zero-order valence-electron chi connectivity index (χ0n) is 10.2. The van der Waals surface area contributed by atoms with Gasteiger partial charge < -0.3 is 9.73 Å². The minimum absolute atomic E-state index is 0.288. The van der Waals surface area contributed by atoms with Crippen LogP contribution >= 0.6 is 15.9 Å². The molecule has 2 aromatic rings. The Hall–Kier alpha value is -0.870. The van der Waals surface area contributed by atoms with E-state index in [0.717, 1.165) is 22.2 Å². The van der Waals surface area contributed by atoms with Gasteiger partial charge in [0.25, 0.3) is 0 Å². The van der Waals surface area contributed by atoms with Crippen molar-refractivity contribution in [3.63, 3.8) is 0 Å². The van der Waals surface area contributed by atoms with Crippen LogP contribution in [-0.4, -0.2) is 6.54 Å². The summed E-state index contributed by atoms with van der Waals surface area (Å²) < 4.78 is 20.4. The smallest absolute Gasteiger partial charge is 0.170 e. The maximum absolute atomic E-state index is 13.9. The Morgan fingerprint density at radius 1 is 1.44 bits per heavy atom. The first-order chi connectivity index (χ1) is 8.70. The number of furan rings is 1. The van der Waals surface area contributed by atoms with Crippen molar-refractivity contribution in [2.24, 2.45) is 0 Å². The average molecular weight is 312 g/mol. The normalized spacial score (nSPS) is 15.5. The maximum atomic E-state index is 13.9. The van der Waals surface area contributed by atoms with Gasteiger partial charge in [-0.05, 0) is 37.4 Å². The number of rotatable bonds is 4. The topological polar surface area (TPSA) is 25.2 Å². The molecule has 0 spiro atoms. The van der Waals surface area contributed by atoms with Crippen molar-refractivity contribution in [1.82, 2.24) is 5.32 Å². The van der Waals surface area contributed by atoms with Crippen LogP contribution in [0.3, 0.4) is 0 Å². The molecular weight excluding hydrogens is 297 g/mol. The van der Waals surface area contributed by atoms with E-state index in [9.17, 15) is 4.39 Å². The molecule has 1 aromatic carbocycles. The van der Waals surface area contributed by atoms with Crippen LogP contribution in [0.15, 0.2) is 21.0 Å². The monoisotopic (exact) mass is 311 g/mol. The fraction of sp³-hybridized carbons (Fsp3) is 0.429. The van der Waals surface area contributed by atoms with Crippen LogP contribution in [0.1, 0.15) is 37.0 Å². The second kappa shape index (κ2) is 4.67. The van der Waals surface area contributed by atoms with Gasteiger partial charge in [0.05, 0.1) is 6.54 Å². The number of nitrogens with one attached hydrogen (secondary N) is 1. The van der Waals surface area contributed by atoms with Crippen LogP contribution in [0.25, 0.3) is 11.0 Å². The van der Waals surface area contributed by atoms with Gasteiger partial charge in [-0.2, -0.15) is 0 Å². The lowest BCUT2D eigenvalue weighted by molar-refractivity contribution is 0.494. The summed E-state index contributed by atoms with van der Waals surface area (Å²) >= 11 is 3.35. The van der Waals surface area contributed by atoms with E-state index in [0.29, 0.717) is 18.0 Å². The first-order valence-corrected chi connectivity index (χ1v) is 7.11. The van der Waals surface area contributed by atoms with Crippen LogP contribution < -0.4 is 5.32 Å². The Kier molecular flexibility index (Phi) is 3.16. The molecule has 1 aliphatic rings. The number of hydrogen-bond acceptors (Lipinski definition) is 2. The molecule has 0 radical (unpaired) electrons. The van der Waals surface area contributed by atoms with E-state index in [4.69, 9.17) is 4.42 Å². The van der Waals surface area contributed by atoms with E-state index in [1.165, 1.54) is 24.5 Å². The highest BCUT2D eigenvalue weighted by Crippen LogP contribution is 2.47. The van der Waals surface area contributed by atoms with Crippen molar-refractivity contribution < 1.29 is 8.81 Å². The molecule has 0 amide bonds. The number of hydrogen-bond donors (Lipinski definition) is 1. The van der Waals surface area contributed by atoms with E-state index in [2.05, 4.69) is 28.2 Å². The molecular formula is C14H15BrFNO. The standard InChI is InChI=1S/C14H15BrFNO/c1-2-17-7-12-13(8-3-4-8)10-5-9(15)6-11(16)14(10)18-12/h5-6,8,17H,2-4,7H2,1H3. The summed E-state index contributed by atoms with van der Waals surface area (Å²) in [7, 11) is 0. The first kappa shape index (κ1) is 12.2. The van der Waals surface area contributed by atoms with Crippen LogP contribution in [0, 0.1) is 5.82 Å². The third kappa shape index (κ3) is 2.08. The molecule has 1 aromatic heterocycles. The van der Waals surface area contributed by atoms with Crippen molar-refractivity contribution in [3.05, 3.63) is 33.7 Å². The minimum atomic E-state index is -0.288. The molecule has 0 saturated heterocycles. The molecule has 0 bridgehead atoms. The third-order valence-corrected chi connectivity index (χ3v) is 3.80. The second-order valence-electron chi connectivity index (χ2n) is 4.76. The molecule has 1 saturated carbocycles. The van der Waals surface area contributed by atoms with Crippen LogP contribution in [-0.2, 0) is 6.54 Å². The van der Waals surface area contributed by atoms with Gasteiger partial charge >= 0.3 is 0 Å². The predicted octanol–water partition coefficient (Wildman–Crippen LogP) is 4.32. The summed E-state index contributed by atoms with van der Waals surface area (Å²) in [6.45, 7) is 3.61.